The molecule has 0 heterocycles. The first-order valence-corrected chi connectivity index (χ1v) is 30.8. The van der Waals surface area contributed by atoms with Crippen LogP contribution in [-0.4, -0.2) is 0 Å². The highest BCUT2D eigenvalue weighted by atomic mass is 15.1. The van der Waals surface area contributed by atoms with Crippen LogP contribution < -0.4 is 9.80 Å². The van der Waals surface area contributed by atoms with Crippen molar-refractivity contribution in [3.63, 3.8) is 0 Å². The summed E-state index contributed by atoms with van der Waals surface area (Å²) in [5.74, 6) is 1.10. The lowest BCUT2D eigenvalue weighted by Gasteiger charge is -2.33. The number of benzene rings is 8. The summed E-state index contributed by atoms with van der Waals surface area (Å²) in [6.07, 6.45) is 21.5. The van der Waals surface area contributed by atoms with Gasteiger partial charge < -0.3 is 9.80 Å². The maximum Gasteiger partial charge on any atom is 0.0462 e. The fraction of sp³-hybridized carbons (Fsp3) is 0.377. The smallest absolute Gasteiger partial charge is 0.0462 e. The molecule has 0 aliphatic heterocycles. The molecule has 0 spiro atoms. The SMILES string of the molecule is CCC(C)c1ccc(N(c2ccc(C)cc2)c2ccc(-c3ccc(N(c4ccc(C)cc4)c4ccc(C(C)CC)cc4)cc3)cc2)cc1.CCCCCCCCC1(CCCCCCCC)c2cc(C)ccc2-c2ccc(C)cc21. The Balaban J connectivity index is 0.000000229. The van der Waals surface area contributed by atoms with Crippen LogP contribution in [0, 0.1) is 27.7 Å². The number of rotatable bonds is 25. The molecule has 0 N–H and O–H groups in total. The average molecular weight is 1050 g/mol. The second-order valence-corrected chi connectivity index (χ2v) is 23.5. The van der Waals surface area contributed by atoms with Gasteiger partial charge in [0.1, 0.15) is 0 Å². The van der Waals surface area contributed by atoms with Crippen LogP contribution in [0.15, 0.2) is 182 Å². The van der Waals surface area contributed by atoms with Crippen molar-refractivity contribution >= 4 is 34.1 Å². The lowest BCUT2D eigenvalue weighted by Crippen LogP contribution is -2.25. The third-order valence-corrected chi connectivity index (χ3v) is 17.4. The van der Waals surface area contributed by atoms with Crippen LogP contribution in [0.1, 0.15) is 201 Å². The van der Waals surface area contributed by atoms with Crippen LogP contribution in [0.25, 0.3) is 22.3 Å². The van der Waals surface area contributed by atoms with E-state index in [1.165, 1.54) is 146 Å². The van der Waals surface area contributed by atoms with Gasteiger partial charge in [0.2, 0.25) is 0 Å². The van der Waals surface area contributed by atoms with Gasteiger partial charge in [0.25, 0.3) is 0 Å². The van der Waals surface area contributed by atoms with E-state index in [2.05, 4.69) is 261 Å². The van der Waals surface area contributed by atoms with Crippen molar-refractivity contribution in [3.05, 3.63) is 226 Å². The summed E-state index contributed by atoms with van der Waals surface area (Å²) in [7, 11) is 0. The largest absolute Gasteiger partial charge is 0.311 e. The van der Waals surface area contributed by atoms with E-state index in [1.54, 1.807) is 11.1 Å². The van der Waals surface area contributed by atoms with Crippen molar-refractivity contribution in [1.82, 2.24) is 0 Å². The number of aryl methyl sites for hydroxylation is 4. The van der Waals surface area contributed by atoms with Crippen molar-refractivity contribution < 1.29 is 0 Å². The Hall–Kier alpha value is -6.64. The minimum absolute atomic E-state index is 0.234. The van der Waals surface area contributed by atoms with Gasteiger partial charge in [-0.1, -0.05) is 250 Å². The van der Waals surface area contributed by atoms with E-state index in [0.717, 1.165) is 47.0 Å². The van der Waals surface area contributed by atoms with Crippen molar-refractivity contribution in [2.45, 2.75) is 189 Å². The number of unbranched alkanes of at least 4 members (excludes halogenated alkanes) is 10. The maximum absolute atomic E-state index is 2.53. The lowest BCUT2D eigenvalue weighted by atomic mass is 9.70. The molecule has 1 aliphatic rings. The Morgan fingerprint density at radius 1 is 0.316 bits per heavy atom. The van der Waals surface area contributed by atoms with Crippen LogP contribution in [-0.2, 0) is 5.41 Å². The molecule has 2 heteroatoms. The quantitative estimate of drug-likeness (QED) is 0.0526. The van der Waals surface area contributed by atoms with Crippen LogP contribution in [0.5, 0.6) is 0 Å². The van der Waals surface area contributed by atoms with E-state index in [1.807, 2.05) is 0 Å². The molecule has 0 bridgehead atoms. The number of nitrogens with zero attached hydrogens (tertiary/aromatic N) is 2. The molecule has 9 rings (SSSR count). The standard InChI is InChI=1S/C46H48N2.C31H46/c1-7-35(5)37-13-25-43(26-14-37)47(41-21-9-33(3)10-22-41)45-29-17-39(18-30-45)40-19-31-46(32-20-40)48(42-23-11-34(4)12-24-42)44-27-15-38(16-28-44)36(6)8-2;1-5-7-9-11-13-15-21-31(22-16-14-12-10-8-6-2)29-23-25(3)17-19-27(29)28-20-18-26(4)24-30(28)31/h9-32,35-36H,7-8H2,1-6H3;17-20,23-24H,5-16,21-22H2,1-4H3. The molecule has 2 nitrogen and oxygen atoms in total. The molecule has 8 aromatic carbocycles. The first-order chi connectivity index (χ1) is 38.5. The van der Waals surface area contributed by atoms with Gasteiger partial charge in [-0.2, -0.15) is 0 Å². The van der Waals surface area contributed by atoms with Crippen LogP contribution in [0.3, 0.4) is 0 Å². The van der Waals surface area contributed by atoms with Gasteiger partial charge in [-0.3, -0.25) is 0 Å². The summed E-state index contributed by atoms with van der Waals surface area (Å²) in [6.45, 7) is 22.5. The third-order valence-electron chi connectivity index (χ3n) is 17.4. The van der Waals surface area contributed by atoms with Crippen molar-refractivity contribution in [3.8, 4) is 22.3 Å². The monoisotopic (exact) mass is 1050 g/mol. The maximum atomic E-state index is 2.53. The fourth-order valence-corrected chi connectivity index (χ4v) is 12.1. The first kappa shape index (κ1) is 58.5. The Bertz CT molecular complexity index is 2870. The molecule has 1 aliphatic carbocycles. The zero-order valence-corrected chi connectivity index (χ0v) is 50.2. The van der Waals surface area contributed by atoms with E-state index >= 15 is 0 Å². The van der Waals surface area contributed by atoms with Gasteiger partial charge in [0, 0.05) is 39.5 Å². The van der Waals surface area contributed by atoms with E-state index in [0.29, 0.717) is 11.8 Å². The third kappa shape index (κ3) is 14.6. The highest BCUT2D eigenvalue weighted by Gasteiger charge is 2.42. The Kier molecular flexibility index (Phi) is 21.1. The lowest BCUT2D eigenvalue weighted by molar-refractivity contribution is 0.397. The fourth-order valence-electron chi connectivity index (χ4n) is 12.1. The number of hydrogen-bond acceptors (Lipinski definition) is 2. The second kappa shape index (κ2) is 28.5. The predicted molar refractivity (Wildman–Crippen MR) is 346 cm³/mol. The molecule has 0 radical (unpaired) electrons. The van der Waals surface area contributed by atoms with Crippen molar-refractivity contribution in [1.29, 1.82) is 0 Å². The van der Waals surface area contributed by atoms with E-state index in [9.17, 15) is 0 Å². The molecule has 0 aromatic heterocycles. The molecule has 412 valence electrons. The highest BCUT2D eigenvalue weighted by molar-refractivity contribution is 5.83. The minimum Gasteiger partial charge on any atom is -0.311 e. The summed E-state index contributed by atoms with van der Waals surface area (Å²) >= 11 is 0. The molecule has 2 unspecified atom stereocenters. The van der Waals surface area contributed by atoms with Crippen LogP contribution in [0.2, 0.25) is 0 Å². The van der Waals surface area contributed by atoms with E-state index in [-0.39, 0.29) is 5.41 Å². The molecular formula is C77H94N2. The van der Waals surface area contributed by atoms with Crippen molar-refractivity contribution in [2.75, 3.05) is 9.80 Å². The Morgan fingerprint density at radius 2 is 0.595 bits per heavy atom. The number of anilines is 6. The zero-order chi connectivity index (χ0) is 55.7. The summed E-state index contributed by atoms with van der Waals surface area (Å²) in [6, 6.07) is 68.1. The molecule has 79 heavy (non-hydrogen) atoms. The van der Waals surface area contributed by atoms with Gasteiger partial charge >= 0.3 is 0 Å². The molecule has 0 saturated carbocycles. The topological polar surface area (TPSA) is 6.48 Å². The summed E-state index contributed by atoms with van der Waals surface area (Å²) in [4.78, 5) is 4.69. The predicted octanol–water partition coefficient (Wildman–Crippen LogP) is 24.0. The summed E-state index contributed by atoms with van der Waals surface area (Å²) < 4.78 is 0. The summed E-state index contributed by atoms with van der Waals surface area (Å²) in [5.41, 5.74) is 23.9. The Morgan fingerprint density at radius 3 is 0.911 bits per heavy atom. The summed E-state index contributed by atoms with van der Waals surface area (Å²) in [5, 5.41) is 0. The van der Waals surface area contributed by atoms with Crippen LogP contribution >= 0.6 is 0 Å². The number of fused-ring (bicyclic) bond motifs is 3. The molecular weight excluding hydrogens is 953 g/mol. The molecule has 0 amide bonds. The molecule has 8 aromatic rings. The van der Waals surface area contributed by atoms with Gasteiger partial charge in [-0.25, -0.2) is 0 Å². The molecule has 0 fully saturated rings. The van der Waals surface area contributed by atoms with E-state index in [4.69, 9.17) is 0 Å². The van der Waals surface area contributed by atoms with Gasteiger partial charge in [0.15, 0.2) is 0 Å². The van der Waals surface area contributed by atoms with Gasteiger partial charge in [0.05, 0.1) is 0 Å². The first-order valence-electron chi connectivity index (χ1n) is 30.8. The highest BCUT2D eigenvalue weighted by Crippen LogP contribution is 2.55. The Labute approximate surface area is 479 Å². The van der Waals surface area contributed by atoms with Crippen molar-refractivity contribution in [2.24, 2.45) is 0 Å². The average Bonchev–Trinajstić information content (AvgIpc) is 3.78. The minimum atomic E-state index is 0.234. The van der Waals surface area contributed by atoms with E-state index < -0.39 is 0 Å². The zero-order valence-electron chi connectivity index (χ0n) is 50.2. The second-order valence-electron chi connectivity index (χ2n) is 23.5. The van der Waals surface area contributed by atoms with Crippen LogP contribution in [0.4, 0.5) is 34.1 Å². The number of hydrogen-bond donors (Lipinski definition) is 0. The molecule has 2 atom stereocenters. The van der Waals surface area contributed by atoms with Gasteiger partial charge in [-0.05, 0) is 183 Å². The normalized spacial score (nSPS) is 13.0. The van der Waals surface area contributed by atoms with Gasteiger partial charge in [-0.15, -0.1) is 0 Å². The molecule has 0 saturated heterocycles.